The number of hydrogen-bond donors (Lipinski definition) is 2. The summed E-state index contributed by atoms with van der Waals surface area (Å²) >= 11 is 0. The maximum Gasteiger partial charge on any atom is 0.191 e. The lowest BCUT2D eigenvalue weighted by molar-refractivity contribution is 0.214. The zero-order valence-electron chi connectivity index (χ0n) is 17.3. The van der Waals surface area contributed by atoms with E-state index in [1.54, 1.807) is 0 Å². The van der Waals surface area contributed by atoms with Crippen LogP contribution < -0.4 is 10.6 Å². The number of piperidine rings is 1. The lowest BCUT2D eigenvalue weighted by Crippen LogP contribution is -2.43. The zero-order chi connectivity index (χ0) is 18.4. The van der Waals surface area contributed by atoms with E-state index in [0.29, 0.717) is 12.0 Å². The first kappa shape index (κ1) is 23.2. The van der Waals surface area contributed by atoms with Crippen LogP contribution in [0.3, 0.4) is 0 Å². The van der Waals surface area contributed by atoms with Crippen LogP contribution >= 0.6 is 24.0 Å². The number of nitrogens with one attached hydrogen (secondary N) is 2. The van der Waals surface area contributed by atoms with Crippen LogP contribution in [0.4, 0.5) is 0 Å². The third-order valence-corrected chi connectivity index (χ3v) is 5.13. The highest BCUT2D eigenvalue weighted by molar-refractivity contribution is 14.0. The summed E-state index contributed by atoms with van der Waals surface area (Å²) in [4.78, 5) is 7.27. The predicted molar refractivity (Wildman–Crippen MR) is 121 cm³/mol. The van der Waals surface area contributed by atoms with Crippen molar-refractivity contribution in [2.24, 2.45) is 18.0 Å². The molecule has 0 radical (unpaired) electrons. The standard InChI is InChI=1S/C19H36N6.HI/c1-7-20-19(21-12-17-9-8-10-24(5)13-17)22-14(2)11-18-15(3)23-25(6)16(18)4;/h14,17H,7-13H2,1-6H3,(H2,20,21,22);1H. The van der Waals surface area contributed by atoms with Crippen molar-refractivity contribution in [3.8, 4) is 0 Å². The van der Waals surface area contributed by atoms with E-state index < -0.39 is 0 Å². The van der Waals surface area contributed by atoms with Crippen LogP contribution in [0.2, 0.25) is 0 Å². The second-order valence-electron chi connectivity index (χ2n) is 7.51. The Hall–Kier alpha value is -0.830. The number of aryl methyl sites for hydroxylation is 2. The van der Waals surface area contributed by atoms with Crippen molar-refractivity contribution >= 4 is 29.9 Å². The monoisotopic (exact) mass is 476 g/mol. The zero-order valence-corrected chi connectivity index (χ0v) is 19.6. The van der Waals surface area contributed by atoms with Crippen LogP contribution in [-0.2, 0) is 13.5 Å². The highest BCUT2D eigenvalue weighted by Gasteiger charge is 2.17. The highest BCUT2D eigenvalue weighted by Crippen LogP contribution is 2.16. The first-order chi connectivity index (χ1) is 11.9. The van der Waals surface area contributed by atoms with Crippen molar-refractivity contribution in [3.63, 3.8) is 0 Å². The Kier molecular flexibility index (Phi) is 9.92. The summed E-state index contributed by atoms with van der Waals surface area (Å²) in [6.07, 6.45) is 3.54. The number of hydrogen-bond acceptors (Lipinski definition) is 3. The van der Waals surface area contributed by atoms with Gasteiger partial charge in [-0.05, 0) is 72.0 Å². The van der Waals surface area contributed by atoms with Gasteiger partial charge in [0.25, 0.3) is 0 Å². The molecule has 6 nitrogen and oxygen atoms in total. The molecule has 1 aliphatic rings. The number of aromatic nitrogens is 2. The number of aliphatic imine (C=N–C) groups is 1. The molecule has 0 bridgehead atoms. The van der Waals surface area contributed by atoms with Gasteiger partial charge in [-0.15, -0.1) is 24.0 Å². The number of likely N-dealkylation sites (tertiary alicyclic amines) is 1. The fourth-order valence-electron chi connectivity index (χ4n) is 3.67. The van der Waals surface area contributed by atoms with Crippen LogP contribution in [0, 0.1) is 19.8 Å². The van der Waals surface area contributed by atoms with Gasteiger partial charge in [-0.2, -0.15) is 5.10 Å². The molecule has 1 aromatic rings. The van der Waals surface area contributed by atoms with Crippen molar-refractivity contribution in [1.29, 1.82) is 0 Å². The molecule has 2 rings (SSSR count). The smallest absolute Gasteiger partial charge is 0.191 e. The second kappa shape index (κ2) is 11.1. The summed E-state index contributed by atoms with van der Waals surface area (Å²) in [6, 6.07) is 0.313. The molecule has 1 aromatic heterocycles. The third kappa shape index (κ3) is 6.72. The van der Waals surface area contributed by atoms with Crippen LogP contribution in [0.5, 0.6) is 0 Å². The fraction of sp³-hybridized carbons (Fsp3) is 0.789. The SMILES string of the molecule is CCNC(=NCC1CCCN(C)C1)NC(C)Cc1c(C)nn(C)c1C.I. The van der Waals surface area contributed by atoms with Gasteiger partial charge in [0.1, 0.15) is 0 Å². The first-order valence-corrected chi connectivity index (χ1v) is 9.63. The van der Waals surface area contributed by atoms with E-state index in [0.717, 1.165) is 37.7 Å². The molecule has 0 amide bonds. The molecule has 2 atom stereocenters. The Balaban J connectivity index is 0.00000338. The molecule has 2 heterocycles. The molecule has 0 aromatic carbocycles. The summed E-state index contributed by atoms with van der Waals surface area (Å²) in [5.74, 6) is 1.61. The third-order valence-electron chi connectivity index (χ3n) is 5.13. The molecule has 26 heavy (non-hydrogen) atoms. The highest BCUT2D eigenvalue weighted by atomic mass is 127. The minimum Gasteiger partial charge on any atom is -0.357 e. The van der Waals surface area contributed by atoms with Gasteiger partial charge in [-0.3, -0.25) is 9.67 Å². The molecular formula is C19H37IN6. The second-order valence-corrected chi connectivity index (χ2v) is 7.51. The Morgan fingerprint density at radius 3 is 2.65 bits per heavy atom. The van der Waals surface area contributed by atoms with Crippen LogP contribution in [0.25, 0.3) is 0 Å². The van der Waals surface area contributed by atoms with Crippen LogP contribution in [0.15, 0.2) is 4.99 Å². The molecule has 2 unspecified atom stereocenters. The maximum absolute atomic E-state index is 4.85. The Bertz CT molecular complexity index is 583. The average Bonchev–Trinajstić information content (AvgIpc) is 2.79. The van der Waals surface area contributed by atoms with Gasteiger partial charge in [0, 0.05) is 38.4 Å². The largest absolute Gasteiger partial charge is 0.357 e. The van der Waals surface area contributed by atoms with Crippen molar-refractivity contribution in [2.45, 2.75) is 53.0 Å². The molecule has 1 aliphatic heterocycles. The number of halogens is 1. The topological polar surface area (TPSA) is 57.5 Å². The number of guanidine groups is 1. The molecule has 0 aliphatic carbocycles. The van der Waals surface area contributed by atoms with Gasteiger partial charge in [0.2, 0.25) is 0 Å². The Morgan fingerprint density at radius 1 is 1.35 bits per heavy atom. The molecule has 2 N–H and O–H groups in total. The van der Waals surface area contributed by atoms with E-state index in [-0.39, 0.29) is 24.0 Å². The predicted octanol–water partition coefficient (Wildman–Crippen LogP) is 2.48. The minimum atomic E-state index is 0. The molecule has 0 saturated carbocycles. The van der Waals surface area contributed by atoms with E-state index in [2.05, 4.69) is 55.4 Å². The van der Waals surface area contributed by atoms with E-state index in [9.17, 15) is 0 Å². The van der Waals surface area contributed by atoms with Crippen molar-refractivity contribution in [1.82, 2.24) is 25.3 Å². The van der Waals surface area contributed by atoms with Gasteiger partial charge in [0.15, 0.2) is 5.96 Å². The lowest BCUT2D eigenvalue weighted by atomic mass is 9.99. The van der Waals surface area contributed by atoms with Gasteiger partial charge >= 0.3 is 0 Å². The molecular weight excluding hydrogens is 439 g/mol. The summed E-state index contributed by atoms with van der Waals surface area (Å²) in [6.45, 7) is 12.7. The van der Waals surface area contributed by atoms with E-state index in [1.807, 2.05) is 11.7 Å². The molecule has 1 fully saturated rings. The van der Waals surface area contributed by atoms with E-state index >= 15 is 0 Å². The normalized spacial score (nSPS) is 19.8. The summed E-state index contributed by atoms with van der Waals surface area (Å²) < 4.78 is 1.97. The Morgan fingerprint density at radius 2 is 2.08 bits per heavy atom. The van der Waals surface area contributed by atoms with Crippen LogP contribution in [-0.4, -0.2) is 59.9 Å². The first-order valence-electron chi connectivity index (χ1n) is 9.63. The quantitative estimate of drug-likeness (QED) is 0.377. The average molecular weight is 476 g/mol. The Labute approximate surface area is 176 Å². The van der Waals surface area contributed by atoms with Crippen LogP contribution in [0.1, 0.15) is 43.6 Å². The molecule has 7 heteroatoms. The summed E-state index contributed by atoms with van der Waals surface area (Å²) in [5.41, 5.74) is 3.71. The minimum absolute atomic E-state index is 0. The summed E-state index contributed by atoms with van der Waals surface area (Å²) in [5, 5.41) is 11.5. The van der Waals surface area contributed by atoms with Gasteiger partial charge in [-0.1, -0.05) is 0 Å². The summed E-state index contributed by atoms with van der Waals surface area (Å²) in [7, 11) is 4.22. The van der Waals surface area contributed by atoms with E-state index in [1.165, 1.54) is 30.6 Å². The van der Waals surface area contributed by atoms with E-state index in [4.69, 9.17) is 4.99 Å². The molecule has 0 spiro atoms. The molecule has 150 valence electrons. The maximum atomic E-state index is 4.85. The lowest BCUT2D eigenvalue weighted by Gasteiger charge is -2.29. The number of rotatable bonds is 6. The fourth-order valence-corrected chi connectivity index (χ4v) is 3.67. The van der Waals surface area contributed by atoms with Crippen molar-refractivity contribution in [3.05, 3.63) is 17.0 Å². The van der Waals surface area contributed by atoms with Gasteiger partial charge in [0.05, 0.1) is 5.69 Å². The van der Waals surface area contributed by atoms with Crippen molar-refractivity contribution in [2.75, 3.05) is 33.2 Å². The molecule has 1 saturated heterocycles. The van der Waals surface area contributed by atoms with Gasteiger partial charge in [-0.25, -0.2) is 0 Å². The van der Waals surface area contributed by atoms with Crippen molar-refractivity contribution < 1.29 is 0 Å². The number of nitrogens with zero attached hydrogens (tertiary/aromatic N) is 4. The van der Waals surface area contributed by atoms with Gasteiger partial charge < -0.3 is 15.5 Å².